The molecular formula is C77H118O6. The second-order valence-corrected chi connectivity index (χ2v) is 20.9. The van der Waals surface area contributed by atoms with E-state index in [9.17, 15) is 14.4 Å². The number of unbranched alkanes of at least 4 members (excludes halogenated alkanes) is 14. The number of hydrogen-bond donors (Lipinski definition) is 0. The predicted molar refractivity (Wildman–Crippen MR) is 361 cm³/mol. The molecule has 83 heavy (non-hydrogen) atoms. The maximum absolute atomic E-state index is 12.9. The van der Waals surface area contributed by atoms with E-state index < -0.39 is 6.10 Å². The SMILES string of the molecule is CC/C=C\C/C=C\C/C=C\C/C=C\C/C=C\C/C=C\C/C=C\C/C=C\C/C=C\CCCC(=O)OCC(COC(=O)CCCCCC/C=C\C/C=C\C/C=C\C/C=C\CC)OC(=O)CCCCCCCC/C=C\C/C=C\C/C=C\CCCCC. The van der Waals surface area contributed by atoms with Gasteiger partial charge in [-0.05, 0) is 161 Å². The highest BCUT2D eigenvalue weighted by Crippen LogP contribution is 2.13. The zero-order valence-electron chi connectivity index (χ0n) is 52.9. The molecule has 0 rings (SSSR count). The first kappa shape index (κ1) is 77.2. The van der Waals surface area contributed by atoms with Gasteiger partial charge in [-0.1, -0.05) is 267 Å². The summed E-state index contributed by atoms with van der Waals surface area (Å²) < 4.78 is 16.9. The molecule has 0 aromatic rings. The van der Waals surface area contributed by atoms with Crippen LogP contribution in [-0.4, -0.2) is 37.2 Å². The van der Waals surface area contributed by atoms with Crippen LogP contribution < -0.4 is 0 Å². The molecule has 0 fully saturated rings. The third kappa shape index (κ3) is 66.9. The summed E-state index contributed by atoms with van der Waals surface area (Å²) in [5, 5.41) is 0. The van der Waals surface area contributed by atoms with Gasteiger partial charge in [0.1, 0.15) is 13.2 Å². The van der Waals surface area contributed by atoms with Gasteiger partial charge >= 0.3 is 17.9 Å². The van der Waals surface area contributed by atoms with Gasteiger partial charge in [0.2, 0.25) is 0 Å². The number of rotatable bonds is 57. The van der Waals surface area contributed by atoms with E-state index in [0.29, 0.717) is 12.8 Å². The minimum atomic E-state index is -0.833. The molecule has 0 aliphatic heterocycles. The minimum Gasteiger partial charge on any atom is -0.462 e. The molecule has 1 atom stereocenters. The molecule has 0 saturated carbocycles. The second kappa shape index (κ2) is 68.7. The third-order valence-electron chi connectivity index (χ3n) is 13.1. The molecule has 0 bridgehead atoms. The van der Waals surface area contributed by atoms with Crippen molar-refractivity contribution in [3.63, 3.8) is 0 Å². The van der Waals surface area contributed by atoms with E-state index in [2.05, 4.69) is 215 Å². The summed E-state index contributed by atoms with van der Waals surface area (Å²) in [4.78, 5) is 38.4. The van der Waals surface area contributed by atoms with Crippen molar-refractivity contribution in [2.75, 3.05) is 13.2 Å². The molecule has 462 valence electrons. The summed E-state index contributed by atoms with van der Waals surface area (Å²) >= 11 is 0. The molecule has 0 saturated heterocycles. The first-order valence-corrected chi connectivity index (χ1v) is 32.9. The Balaban J connectivity index is 4.56. The molecule has 0 amide bonds. The van der Waals surface area contributed by atoms with Gasteiger partial charge in [0.05, 0.1) is 0 Å². The summed E-state index contributed by atoms with van der Waals surface area (Å²) in [6.45, 7) is 6.29. The van der Waals surface area contributed by atoms with Crippen LogP contribution in [0.25, 0.3) is 0 Å². The number of carbonyl (C=O) groups is 3. The molecule has 0 heterocycles. The Bertz CT molecular complexity index is 1990. The fraction of sp³-hybridized carbons (Fsp3) is 0.545. The van der Waals surface area contributed by atoms with E-state index in [4.69, 9.17) is 14.2 Å². The Morgan fingerprint density at radius 2 is 0.482 bits per heavy atom. The molecule has 1 unspecified atom stereocenters. The summed E-state index contributed by atoms with van der Waals surface area (Å²) in [5.41, 5.74) is 0. The zero-order valence-corrected chi connectivity index (χ0v) is 52.9. The lowest BCUT2D eigenvalue weighted by molar-refractivity contribution is -0.167. The van der Waals surface area contributed by atoms with Crippen molar-refractivity contribution in [1.82, 2.24) is 0 Å². The number of allylic oxidation sites excluding steroid dienone is 32. The van der Waals surface area contributed by atoms with Gasteiger partial charge in [0.15, 0.2) is 6.10 Å². The van der Waals surface area contributed by atoms with E-state index in [-0.39, 0.29) is 44.0 Å². The smallest absolute Gasteiger partial charge is 0.306 e. The summed E-state index contributed by atoms with van der Waals surface area (Å²) in [5.74, 6) is -1.03. The highest BCUT2D eigenvalue weighted by atomic mass is 16.6. The largest absolute Gasteiger partial charge is 0.462 e. The van der Waals surface area contributed by atoms with Crippen molar-refractivity contribution in [3.8, 4) is 0 Å². The second-order valence-electron chi connectivity index (χ2n) is 20.9. The first-order valence-electron chi connectivity index (χ1n) is 32.9. The Morgan fingerprint density at radius 1 is 0.253 bits per heavy atom. The van der Waals surface area contributed by atoms with Crippen molar-refractivity contribution < 1.29 is 28.6 Å². The normalized spacial score (nSPS) is 13.4. The molecule has 6 nitrogen and oxygen atoms in total. The van der Waals surface area contributed by atoms with Crippen LogP contribution in [0.5, 0.6) is 0 Å². The number of carbonyl (C=O) groups excluding carboxylic acids is 3. The molecule has 0 aromatic heterocycles. The van der Waals surface area contributed by atoms with Gasteiger partial charge in [-0.15, -0.1) is 0 Å². The van der Waals surface area contributed by atoms with Crippen LogP contribution in [0.15, 0.2) is 194 Å². The molecule has 0 aliphatic carbocycles. The van der Waals surface area contributed by atoms with E-state index in [1.807, 2.05) is 0 Å². The first-order chi connectivity index (χ1) is 41.0. The van der Waals surface area contributed by atoms with E-state index in [0.717, 1.165) is 167 Å². The van der Waals surface area contributed by atoms with Gasteiger partial charge in [-0.2, -0.15) is 0 Å². The fourth-order valence-electron chi connectivity index (χ4n) is 8.21. The third-order valence-corrected chi connectivity index (χ3v) is 13.1. The standard InChI is InChI=1S/C77H118O6/c1-4-7-10-13-16-19-22-25-28-31-33-34-35-36-37-38-39-40-41-42-44-46-49-52-55-58-61-64-67-70-76(79)82-73-74(72-81-75(78)69-66-63-60-57-54-51-48-45-30-27-24-21-18-15-12-9-6-3)83-77(80)71-68-65-62-59-56-53-50-47-43-32-29-26-23-20-17-14-11-8-5-2/h7,9-10,12,16-21,25-30,33-34,36-37,39-40,42-44,47-49,51-52,58,61,74H,4-6,8,11,13-15,22-24,31-32,35,38,41,45-46,50,53-57,59-60,62-73H2,1-3H3/b10-7-,12-9-,19-16-,20-17-,21-18-,28-25-,29-26-,30-27-,34-33-,37-36-,40-39-,44-42-,47-43-,51-48-,52-49-,61-58-. The van der Waals surface area contributed by atoms with Crippen molar-refractivity contribution >= 4 is 17.9 Å². The lowest BCUT2D eigenvalue weighted by Crippen LogP contribution is -2.30. The lowest BCUT2D eigenvalue weighted by Gasteiger charge is -2.18. The summed E-state index contributed by atoms with van der Waals surface area (Å²) in [6, 6.07) is 0. The fourth-order valence-corrected chi connectivity index (χ4v) is 8.21. The summed E-state index contributed by atoms with van der Waals surface area (Å²) in [6.07, 6.45) is 104. The zero-order chi connectivity index (χ0) is 59.9. The molecular weight excluding hydrogens is 1020 g/mol. The van der Waals surface area contributed by atoms with Crippen LogP contribution in [0, 0.1) is 0 Å². The monoisotopic (exact) mass is 1140 g/mol. The molecule has 0 spiro atoms. The average Bonchev–Trinajstić information content (AvgIpc) is 3.49. The lowest BCUT2D eigenvalue weighted by atomic mass is 10.1. The van der Waals surface area contributed by atoms with Crippen molar-refractivity contribution in [2.24, 2.45) is 0 Å². The quantitative estimate of drug-likeness (QED) is 0.0261. The highest BCUT2D eigenvalue weighted by molar-refractivity contribution is 5.71. The van der Waals surface area contributed by atoms with Gasteiger partial charge in [-0.25, -0.2) is 0 Å². The van der Waals surface area contributed by atoms with E-state index in [1.165, 1.54) is 38.5 Å². The van der Waals surface area contributed by atoms with Crippen molar-refractivity contribution in [2.45, 2.75) is 258 Å². The molecule has 0 N–H and O–H groups in total. The van der Waals surface area contributed by atoms with Gasteiger partial charge in [0.25, 0.3) is 0 Å². The minimum absolute atomic E-state index is 0.125. The Labute approximate surface area is 509 Å². The number of hydrogen-bond acceptors (Lipinski definition) is 6. The summed E-state index contributed by atoms with van der Waals surface area (Å²) in [7, 11) is 0. The molecule has 0 aromatic carbocycles. The Kier molecular flexibility index (Phi) is 64.0. The van der Waals surface area contributed by atoms with Crippen molar-refractivity contribution in [1.29, 1.82) is 0 Å². The number of esters is 3. The molecule has 0 aliphatic rings. The van der Waals surface area contributed by atoms with E-state index in [1.54, 1.807) is 0 Å². The highest BCUT2D eigenvalue weighted by Gasteiger charge is 2.19. The van der Waals surface area contributed by atoms with Gasteiger partial charge in [0, 0.05) is 19.3 Å². The topological polar surface area (TPSA) is 78.9 Å². The van der Waals surface area contributed by atoms with Crippen LogP contribution in [-0.2, 0) is 28.6 Å². The molecule has 6 heteroatoms. The van der Waals surface area contributed by atoms with E-state index >= 15 is 0 Å². The van der Waals surface area contributed by atoms with Crippen LogP contribution in [0.3, 0.4) is 0 Å². The van der Waals surface area contributed by atoms with Crippen molar-refractivity contribution in [3.05, 3.63) is 194 Å². The average molecular weight is 1140 g/mol. The van der Waals surface area contributed by atoms with Crippen LogP contribution in [0.2, 0.25) is 0 Å². The number of ether oxygens (including phenoxy) is 3. The van der Waals surface area contributed by atoms with Gasteiger partial charge in [-0.3, -0.25) is 14.4 Å². The Morgan fingerprint density at radius 3 is 0.783 bits per heavy atom. The predicted octanol–water partition coefficient (Wildman–Crippen LogP) is 23.0. The maximum atomic E-state index is 12.9. The van der Waals surface area contributed by atoms with Crippen LogP contribution >= 0.6 is 0 Å². The maximum Gasteiger partial charge on any atom is 0.306 e. The van der Waals surface area contributed by atoms with Crippen LogP contribution in [0.1, 0.15) is 252 Å². The van der Waals surface area contributed by atoms with Crippen LogP contribution in [0.4, 0.5) is 0 Å². The Hall–Kier alpha value is -5.75. The molecule has 0 radical (unpaired) electrons. The van der Waals surface area contributed by atoms with Gasteiger partial charge < -0.3 is 14.2 Å².